The fraction of sp³-hybridized carbons (Fsp3) is 0.429. The first-order valence-electron chi connectivity index (χ1n) is 5.89. The fourth-order valence-electron chi connectivity index (χ4n) is 1.67. The number of carbonyl (C=O) groups is 1. The van der Waals surface area contributed by atoms with E-state index >= 15 is 0 Å². The van der Waals surface area contributed by atoms with E-state index in [0.717, 1.165) is 5.56 Å². The normalized spacial score (nSPS) is 9.94. The van der Waals surface area contributed by atoms with Gasteiger partial charge < -0.3 is 10.1 Å². The lowest BCUT2D eigenvalue weighted by Crippen LogP contribution is -2.25. The minimum Gasteiger partial charge on any atom is -0.496 e. The van der Waals surface area contributed by atoms with E-state index in [2.05, 4.69) is 19.2 Å². The molecule has 1 amide bonds. The van der Waals surface area contributed by atoms with Gasteiger partial charge >= 0.3 is 0 Å². The number of amides is 1. The van der Waals surface area contributed by atoms with E-state index in [1.807, 2.05) is 24.3 Å². The first kappa shape index (κ1) is 14.0. The standard InChI is InChI=1S/C14H18N2O2/c1-10(2)11-4-5-13(18-3)12(8-11)9-14(17)16-7-6-15/h4-5,8,10H,7,9H2,1-3H3,(H,16,17). The minimum absolute atomic E-state index is 0.0328. The Kier molecular flexibility index (Phi) is 5.19. The Bertz CT molecular complexity index is 461. The molecule has 0 saturated heterocycles. The second-order valence-corrected chi connectivity index (χ2v) is 4.34. The van der Waals surface area contributed by atoms with E-state index in [4.69, 9.17) is 10.00 Å². The maximum absolute atomic E-state index is 11.6. The van der Waals surface area contributed by atoms with Crippen molar-refractivity contribution in [1.29, 1.82) is 5.26 Å². The Labute approximate surface area is 108 Å². The van der Waals surface area contributed by atoms with E-state index in [9.17, 15) is 4.79 Å². The lowest BCUT2D eigenvalue weighted by molar-refractivity contribution is -0.120. The summed E-state index contributed by atoms with van der Waals surface area (Å²) in [6.07, 6.45) is 0.228. The summed E-state index contributed by atoms with van der Waals surface area (Å²) in [5.41, 5.74) is 2.01. The van der Waals surface area contributed by atoms with Gasteiger partial charge in [0.15, 0.2) is 0 Å². The molecule has 0 spiro atoms. The number of nitrogens with one attached hydrogen (secondary N) is 1. The van der Waals surface area contributed by atoms with E-state index in [0.29, 0.717) is 11.7 Å². The third kappa shape index (κ3) is 3.77. The summed E-state index contributed by atoms with van der Waals surface area (Å²) in [5.74, 6) is 0.930. The molecule has 0 heterocycles. The van der Waals surface area contributed by atoms with Crippen LogP contribution >= 0.6 is 0 Å². The highest BCUT2D eigenvalue weighted by Gasteiger charge is 2.10. The second kappa shape index (κ2) is 6.65. The Morgan fingerprint density at radius 1 is 1.50 bits per heavy atom. The molecule has 0 unspecified atom stereocenters. The van der Waals surface area contributed by atoms with Crippen molar-refractivity contribution in [2.24, 2.45) is 0 Å². The number of hydrogen-bond acceptors (Lipinski definition) is 3. The largest absolute Gasteiger partial charge is 0.496 e. The highest BCUT2D eigenvalue weighted by Crippen LogP contribution is 2.24. The van der Waals surface area contributed by atoms with Crippen molar-refractivity contribution in [2.75, 3.05) is 13.7 Å². The molecule has 0 aliphatic rings. The molecule has 4 nitrogen and oxygen atoms in total. The number of benzene rings is 1. The maximum atomic E-state index is 11.6. The molecule has 0 aromatic heterocycles. The average Bonchev–Trinajstić information content (AvgIpc) is 2.36. The van der Waals surface area contributed by atoms with Gasteiger partial charge in [0.05, 0.1) is 19.6 Å². The van der Waals surface area contributed by atoms with Crippen LogP contribution in [0.15, 0.2) is 18.2 Å². The Hall–Kier alpha value is -2.02. The molecule has 0 aliphatic heterocycles. The van der Waals surface area contributed by atoms with Gasteiger partial charge in [0.1, 0.15) is 12.3 Å². The first-order chi connectivity index (χ1) is 8.58. The van der Waals surface area contributed by atoms with Crippen LogP contribution in [0.25, 0.3) is 0 Å². The van der Waals surface area contributed by atoms with E-state index in [-0.39, 0.29) is 18.9 Å². The van der Waals surface area contributed by atoms with Crippen molar-refractivity contribution in [3.8, 4) is 11.8 Å². The molecule has 0 fully saturated rings. The summed E-state index contributed by atoms with van der Waals surface area (Å²) in [4.78, 5) is 11.6. The highest BCUT2D eigenvalue weighted by atomic mass is 16.5. The molecule has 1 aromatic rings. The molecule has 0 radical (unpaired) electrons. The summed E-state index contributed by atoms with van der Waals surface area (Å²) in [5, 5.41) is 10.9. The molecular weight excluding hydrogens is 228 g/mol. The zero-order valence-corrected chi connectivity index (χ0v) is 11.0. The molecule has 4 heteroatoms. The van der Waals surface area contributed by atoms with Crippen molar-refractivity contribution < 1.29 is 9.53 Å². The lowest BCUT2D eigenvalue weighted by Gasteiger charge is -2.12. The van der Waals surface area contributed by atoms with Crippen LogP contribution in [0.4, 0.5) is 0 Å². The number of methoxy groups -OCH3 is 1. The van der Waals surface area contributed by atoms with E-state index in [1.54, 1.807) is 7.11 Å². The van der Waals surface area contributed by atoms with Gasteiger partial charge in [-0.15, -0.1) is 0 Å². The monoisotopic (exact) mass is 246 g/mol. The smallest absolute Gasteiger partial charge is 0.225 e. The molecule has 0 aliphatic carbocycles. The Balaban J connectivity index is 2.88. The zero-order chi connectivity index (χ0) is 13.5. The number of nitriles is 1. The molecular formula is C14H18N2O2. The van der Waals surface area contributed by atoms with Gasteiger partial charge in [-0.3, -0.25) is 4.79 Å². The quantitative estimate of drug-likeness (QED) is 0.808. The molecule has 1 rings (SSSR count). The summed E-state index contributed by atoms with van der Waals surface area (Å²) in [6.45, 7) is 4.23. The zero-order valence-electron chi connectivity index (χ0n) is 11.0. The first-order valence-corrected chi connectivity index (χ1v) is 5.89. The predicted molar refractivity (Wildman–Crippen MR) is 69.4 cm³/mol. The molecule has 0 atom stereocenters. The maximum Gasteiger partial charge on any atom is 0.225 e. The highest BCUT2D eigenvalue weighted by molar-refractivity contribution is 5.79. The summed E-state index contributed by atoms with van der Waals surface area (Å²) in [6, 6.07) is 7.74. The number of ether oxygens (including phenoxy) is 1. The van der Waals surface area contributed by atoms with Crippen LogP contribution in [0.3, 0.4) is 0 Å². The van der Waals surface area contributed by atoms with Gasteiger partial charge in [-0.1, -0.05) is 26.0 Å². The van der Waals surface area contributed by atoms with Crippen LogP contribution in [-0.4, -0.2) is 19.6 Å². The molecule has 0 saturated carbocycles. The van der Waals surface area contributed by atoms with Crippen molar-refractivity contribution in [3.05, 3.63) is 29.3 Å². The summed E-state index contributed by atoms with van der Waals surface area (Å²) in [7, 11) is 1.58. The van der Waals surface area contributed by atoms with Crippen LogP contribution in [0, 0.1) is 11.3 Å². The summed E-state index contributed by atoms with van der Waals surface area (Å²) < 4.78 is 5.24. The van der Waals surface area contributed by atoms with Gasteiger partial charge in [-0.05, 0) is 17.5 Å². The molecule has 0 bridgehead atoms. The van der Waals surface area contributed by atoms with Crippen molar-refractivity contribution in [1.82, 2.24) is 5.32 Å². The fourth-order valence-corrected chi connectivity index (χ4v) is 1.67. The molecule has 96 valence electrons. The Morgan fingerprint density at radius 3 is 2.78 bits per heavy atom. The summed E-state index contributed by atoms with van der Waals surface area (Å²) >= 11 is 0. The predicted octanol–water partition coefficient (Wildman–Crippen LogP) is 2.00. The molecule has 1 N–H and O–H groups in total. The molecule has 1 aromatic carbocycles. The van der Waals surface area contributed by atoms with E-state index in [1.165, 1.54) is 5.56 Å². The number of hydrogen-bond donors (Lipinski definition) is 1. The SMILES string of the molecule is COc1ccc(C(C)C)cc1CC(=O)NCC#N. The second-order valence-electron chi connectivity index (χ2n) is 4.34. The van der Waals surface area contributed by atoms with Crippen LogP contribution in [-0.2, 0) is 11.2 Å². The van der Waals surface area contributed by atoms with Crippen LogP contribution < -0.4 is 10.1 Å². The van der Waals surface area contributed by atoms with Gasteiger partial charge in [0, 0.05) is 5.56 Å². The topological polar surface area (TPSA) is 62.1 Å². The lowest BCUT2D eigenvalue weighted by atomic mass is 9.99. The van der Waals surface area contributed by atoms with Gasteiger partial charge in [-0.2, -0.15) is 5.26 Å². The van der Waals surface area contributed by atoms with Crippen molar-refractivity contribution in [2.45, 2.75) is 26.2 Å². The number of rotatable bonds is 5. The van der Waals surface area contributed by atoms with Crippen LogP contribution in [0.2, 0.25) is 0 Å². The number of carbonyl (C=O) groups excluding carboxylic acids is 1. The van der Waals surface area contributed by atoms with Gasteiger partial charge in [-0.25, -0.2) is 0 Å². The van der Waals surface area contributed by atoms with Crippen LogP contribution in [0.5, 0.6) is 5.75 Å². The Morgan fingerprint density at radius 2 is 2.22 bits per heavy atom. The van der Waals surface area contributed by atoms with Gasteiger partial charge in [0.25, 0.3) is 0 Å². The van der Waals surface area contributed by atoms with E-state index < -0.39 is 0 Å². The van der Waals surface area contributed by atoms with Gasteiger partial charge in [0.2, 0.25) is 5.91 Å². The minimum atomic E-state index is -0.171. The van der Waals surface area contributed by atoms with Crippen molar-refractivity contribution in [3.63, 3.8) is 0 Å². The van der Waals surface area contributed by atoms with Crippen molar-refractivity contribution >= 4 is 5.91 Å². The average molecular weight is 246 g/mol. The third-order valence-corrected chi connectivity index (χ3v) is 2.69. The third-order valence-electron chi connectivity index (χ3n) is 2.69. The van der Waals surface area contributed by atoms with Crippen LogP contribution in [0.1, 0.15) is 30.9 Å². The molecule has 18 heavy (non-hydrogen) atoms. The number of nitrogens with zero attached hydrogens (tertiary/aromatic N) is 1.